The van der Waals surface area contributed by atoms with Gasteiger partial charge in [0.15, 0.2) is 11.0 Å². The highest BCUT2D eigenvalue weighted by Crippen LogP contribution is 2.29. The second-order valence-electron chi connectivity index (χ2n) is 5.31. The summed E-state index contributed by atoms with van der Waals surface area (Å²) in [7, 11) is 0. The van der Waals surface area contributed by atoms with Crippen LogP contribution in [0.25, 0.3) is 11.4 Å². The third-order valence-corrected chi connectivity index (χ3v) is 4.70. The molecule has 0 N–H and O–H groups in total. The normalized spacial score (nSPS) is 14.7. The molecular weight excluding hydrogens is 313 g/mol. The van der Waals surface area contributed by atoms with Crippen LogP contribution < -0.4 is 0 Å². The van der Waals surface area contributed by atoms with Crippen molar-refractivity contribution < 1.29 is 4.39 Å². The number of hydrogen-bond acceptors (Lipinski definition) is 5. The maximum atomic E-state index is 13.1. The van der Waals surface area contributed by atoms with E-state index in [-0.39, 0.29) is 5.82 Å². The topological polar surface area (TPSA) is 46.8 Å². The fourth-order valence-corrected chi connectivity index (χ4v) is 3.41. The van der Waals surface area contributed by atoms with Crippen molar-refractivity contribution in [2.24, 2.45) is 0 Å². The lowest BCUT2D eigenvalue weighted by atomic mass is 10.2. The molecular formula is C16H14FN5S. The highest BCUT2D eigenvalue weighted by Gasteiger charge is 2.22. The van der Waals surface area contributed by atoms with Crippen molar-refractivity contribution in [2.45, 2.75) is 18.4 Å². The molecule has 0 spiro atoms. The Hall–Kier alpha value is -2.25. The lowest BCUT2D eigenvalue weighted by Gasteiger charge is -2.27. The molecule has 0 unspecified atom stereocenters. The van der Waals surface area contributed by atoms with Gasteiger partial charge in [-0.05, 0) is 36.4 Å². The van der Waals surface area contributed by atoms with Gasteiger partial charge in [0, 0.05) is 18.3 Å². The summed E-state index contributed by atoms with van der Waals surface area (Å²) in [6, 6.07) is 12.3. The molecule has 1 aliphatic heterocycles. The average molecular weight is 327 g/mol. The van der Waals surface area contributed by atoms with Gasteiger partial charge in [-0.1, -0.05) is 17.8 Å². The average Bonchev–Trinajstić information content (AvgIpc) is 3.00. The van der Waals surface area contributed by atoms with Gasteiger partial charge in [0.1, 0.15) is 5.82 Å². The highest BCUT2D eigenvalue weighted by atomic mass is 32.2. The van der Waals surface area contributed by atoms with Crippen molar-refractivity contribution in [3.63, 3.8) is 0 Å². The van der Waals surface area contributed by atoms with Gasteiger partial charge in [0.05, 0.1) is 18.2 Å². The van der Waals surface area contributed by atoms with Gasteiger partial charge in [0.2, 0.25) is 0 Å². The first-order valence-electron chi connectivity index (χ1n) is 7.24. The Balaban J connectivity index is 1.59. The van der Waals surface area contributed by atoms with E-state index in [1.54, 1.807) is 30.1 Å². The van der Waals surface area contributed by atoms with E-state index in [0.29, 0.717) is 6.67 Å². The minimum Gasteiger partial charge on any atom is -0.288 e. The van der Waals surface area contributed by atoms with E-state index in [9.17, 15) is 4.39 Å². The van der Waals surface area contributed by atoms with Crippen LogP contribution in [-0.2, 0) is 13.2 Å². The summed E-state index contributed by atoms with van der Waals surface area (Å²) in [6.45, 7) is 1.47. The van der Waals surface area contributed by atoms with Crippen molar-refractivity contribution in [3.05, 3.63) is 60.2 Å². The van der Waals surface area contributed by atoms with E-state index >= 15 is 0 Å². The largest absolute Gasteiger partial charge is 0.288 e. The van der Waals surface area contributed by atoms with Gasteiger partial charge in [-0.2, -0.15) is 0 Å². The van der Waals surface area contributed by atoms with Crippen molar-refractivity contribution >= 4 is 11.8 Å². The molecule has 4 rings (SSSR count). The van der Waals surface area contributed by atoms with Crippen molar-refractivity contribution in [1.29, 1.82) is 0 Å². The molecule has 1 aromatic carbocycles. The summed E-state index contributed by atoms with van der Waals surface area (Å²) >= 11 is 1.65. The first-order chi connectivity index (χ1) is 11.3. The van der Waals surface area contributed by atoms with Crippen molar-refractivity contribution in [2.75, 3.05) is 5.88 Å². The van der Waals surface area contributed by atoms with Crippen LogP contribution in [0.2, 0.25) is 0 Å². The van der Waals surface area contributed by atoms with Crippen LogP contribution in [0.3, 0.4) is 0 Å². The molecule has 5 nitrogen and oxygen atoms in total. The summed E-state index contributed by atoms with van der Waals surface area (Å²) in [5.41, 5.74) is 1.90. The van der Waals surface area contributed by atoms with Crippen LogP contribution in [0.15, 0.2) is 53.8 Å². The number of aromatic nitrogens is 4. The second-order valence-corrected chi connectivity index (χ2v) is 6.22. The lowest BCUT2D eigenvalue weighted by Crippen LogP contribution is -2.30. The van der Waals surface area contributed by atoms with Crippen molar-refractivity contribution in [1.82, 2.24) is 24.6 Å². The first kappa shape index (κ1) is 14.3. The molecule has 0 bridgehead atoms. The number of fused-ring (bicyclic) bond motifs is 1. The molecule has 0 fully saturated rings. The van der Waals surface area contributed by atoms with E-state index in [1.165, 1.54) is 12.1 Å². The Morgan fingerprint density at radius 3 is 2.74 bits per heavy atom. The number of halogens is 1. The minimum atomic E-state index is -0.252. The molecule has 23 heavy (non-hydrogen) atoms. The molecule has 2 aromatic heterocycles. The zero-order valence-corrected chi connectivity index (χ0v) is 13.1. The summed E-state index contributed by atoms with van der Waals surface area (Å²) in [4.78, 5) is 6.65. The number of hydrogen-bond donors (Lipinski definition) is 0. The van der Waals surface area contributed by atoms with Gasteiger partial charge in [-0.3, -0.25) is 14.5 Å². The predicted molar refractivity (Wildman–Crippen MR) is 85.9 cm³/mol. The van der Waals surface area contributed by atoms with Gasteiger partial charge >= 0.3 is 0 Å². The maximum Gasteiger partial charge on any atom is 0.193 e. The molecule has 0 radical (unpaired) electrons. The number of pyridine rings is 1. The Kier molecular flexibility index (Phi) is 3.80. The van der Waals surface area contributed by atoms with E-state index in [1.807, 2.05) is 18.2 Å². The molecule has 0 saturated heterocycles. The van der Waals surface area contributed by atoms with E-state index in [4.69, 9.17) is 0 Å². The fraction of sp³-hybridized carbons (Fsp3) is 0.188. The molecule has 0 amide bonds. The second kappa shape index (κ2) is 6.10. The Bertz CT molecular complexity index is 803. The monoisotopic (exact) mass is 327 g/mol. The van der Waals surface area contributed by atoms with E-state index in [2.05, 4.69) is 24.6 Å². The number of thioether (sulfide) groups is 1. The minimum absolute atomic E-state index is 0.252. The molecule has 116 valence electrons. The zero-order chi connectivity index (χ0) is 15.6. The van der Waals surface area contributed by atoms with Crippen LogP contribution in [0.4, 0.5) is 4.39 Å². The van der Waals surface area contributed by atoms with Crippen LogP contribution in [0.1, 0.15) is 5.69 Å². The van der Waals surface area contributed by atoms with E-state index in [0.717, 1.165) is 34.7 Å². The number of nitrogens with zero attached hydrogens (tertiary/aromatic N) is 5. The van der Waals surface area contributed by atoms with Crippen LogP contribution >= 0.6 is 11.8 Å². The summed E-state index contributed by atoms with van der Waals surface area (Å²) < 4.78 is 15.2. The smallest absolute Gasteiger partial charge is 0.193 e. The zero-order valence-electron chi connectivity index (χ0n) is 12.3. The first-order valence-corrected chi connectivity index (χ1v) is 8.22. The third-order valence-electron chi connectivity index (χ3n) is 3.65. The molecule has 0 aliphatic carbocycles. The van der Waals surface area contributed by atoms with Gasteiger partial charge in [-0.15, -0.1) is 10.2 Å². The predicted octanol–water partition coefficient (Wildman–Crippen LogP) is 3.00. The SMILES string of the molecule is Fc1ccc(-c2nnc3n2CN(Cc2ccccn2)CS3)cc1. The highest BCUT2D eigenvalue weighted by molar-refractivity contribution is 7.99. The quantitative estimate of drug-likeness (QED) is 0.740. The molecule has 7 heteroatoms. The third kappa shape index (κ3) is 2.97. The van der Waals surface area contributed by atoms with Gasteiger partial charge in [0.25, 0.3) is 0 Å². The molecule has 1 aliphatic rings. The van der Waals surface area contributed by atoms with Crippen LogP contribution in [0.5, 0.6) is 0 Å². The summed E-state index contributed by atoms with van der Waals surface area (Å²) in [5, 5.41) is 9.39. The molecule has 3 aromatic rings. The molecule has 0 saturated carbocycles. The molecule has 0 atom stereocenters. The lowest BCUT2D eigenvalue weighted by molar-refractivity contribution is 0.229. The Labute approximate surface area is 137 Å². The number of rotatable bonds is 3. The van der Waals surface area contributed by atoms with Crippen LogP contribution in [-0.4, -0.2) is 30.5 Å². The van der Waals surface area contributed by atoms with E-state index < -0.39 is 0 Å². The molecule has 3 heterocycles. The number of benzene rings is 1. The Morgan fingerprint density at radius 1 is 1.09 bits per heavy atom. The van der Waals surface area contributed by atoms with Gasteiger partial charge < -0.3 is 0 Å². The van der Waals surface area contributed by atoms with Crippen LogP contribution in [0, 0.1) is 5.82 Å². The summed E-state index contributed by atoms with van der Waals surface area (Å²) in [5.74, 6) is 1.36. The maximum absolute atomic E-state index is 13.1. The summed E-state index contributed by atoms with van der Waals surface area (Å²) in [6.07, 6.45) is 1.81. The van der Waals surface area contributed by atoms with Crippen molar-refractivity contribution in [3.8, 4) is 11.4 Å². The standard InChI is InChI=1S/C16H14FN5S/c17-13-6-4-12(5-7-13)15-19-20-16-22(15)10-21(11-23-16)9-14-3-1-2-8-18-14/h1-8H,9-11H2. The fourth-order valence-electron chi connectivity index (χ4n) is 2.54. The van der Waals surface area contributed by atoms with Gasteiger partial charge in [-0.25, -0.2) is 4.39 Å². The Morgan fingerprint density at radius 2 is 1.96 bits per heavy atom.